The lowest BCUT2D eigenvalue weighted by atomic mass is 9.93. The molecule has 0 saturated heterocycles. The minimum Gasteiger partial charge on any atom is -0.508 e. The first kappa shape index (κ1) is 14.7. The molecule has 1 atom stereocenters. The van der Waals surface area contributed by atoms with Gasteiger partial charge >= 0.3 is 0 Å². The topological polar surface area (TPSA) is 32.3 Å². The van der Waals surface area contributed by atoms with Gasteiger partial charge in [0.25, 0.3) is 0 Å². The molecule has 1 aromatic rings. The molecule has 0 aromatic heterocycles. The number of halogens is 1. The van der Waals surface area contributed by atoms with Gasteiger partial charge in [-0.05, 0) is 43.9 Å². The molecule has 0 heterocycles. The van der Waals surface area contributed by atoms with Crippen molar-refractivity contribution in [2.24, 2.45) is 5.92 Å². The van der Waals surface area contributed by atoms with Crippen molar-refractivity contribution < 1.29 is 5.11 Å². The molecule has 2 rings (SSSR count). The van der Waals surface area contributed by atoms with Gasteiger partial charge in [-0.15, -0.1) is 0 Å². The summed E-state index contributed by atoms with van der Waals surface area (Å²) in [7, 11) is 0. The lowest BCUT2D eigenvalue weighted by Gasteiger charge is -2.24. The second-order valence-electron chi connectivity index (χ2n) is 5.69. The molecule has 0 spiro atoms. The van der Waals surface area contributed by atoms with Crippen LogP contribution < -0.4 is 5.32 Å². The number of rotatable bonds is 4. The van der Waals surface area contributed by atoms with Gasteiger partial charge in [-0.3, -0.25) is 0 Å². The first-order valence-electron chi connectivity index (χ1n) is 7.37. The van der Waals surface area contributed by atoms with Gasteiger partial charge in [0.15, 0.2) is 0 Å². The largest absolute Gasteiger partial charge is 0.508 e. The van der Waals surface area contributed by atoms with Crippen LogP contribution in [-0.2, 0) is 6.54 Å². The third-order valence-electron chi connectivity index (χ3n) is 4.26. The number of nitrogens with one attached hydrogen (secondary N) is 1. The van der Waals surface area contributed by atoms with E-state index in [1.807, 2.05) is 6.07 Å². The van der Waals surface area contributed by atoms with Crippen LogP contribution in [0.4, 0.5) is 0 Å². The van der Waals surface area contributed by atoms with Crippen molar-refractivity contribution >= 4 is 11.6 Å². The van der Waals surface area contributed by atoms with Gasteiger partial charge in [-0.2, -0.15) is 0 Å². The maximum atomic E-state index is 9.80. The Hall–Kier alpha value is -0.730. The summed E-state index contributed by atoms with van der Waals surface area (Å²) in [4.78, 5) is 0. The molecule has 1 aliphatic carbocycles. The molecule has 1 aliphatic rings. The van der Waals surface area contributed by atoms with Crippen LogP contribution in [0.15, 0.2) is 18.2 Å². The second-order valence-corrected chi connectivity index (χ2v) is 6.13. The molecule has 0 amide bonds. The van der Waals surface area contributed by atoms with E-state index in [2.05, 4.69) is 12.2 Å². The minimum absolute atomic E-state index is 0.324. The third kappa shape index (κ3) is 4.39. The van der Waals surface area contributed by atoms with E-state index in [4.69, 9.17) is 11.6 Å². The Morgan fingerprint density at radius 1 is 1.26 bits per heavy atom. The fourth-order valence-corrected chi connectivity index (χ4v) is 3.14. The highest BCUT2D eigenvalue weighted by Gasteiger charge is 2.18. The Kier molecular flexibility index (Phi) is 5.53. The van der Waals surface area contributed by atoms with Crippen LogP contribution in [0.1, 0.15) is 51.0 Å². The van der Waals surface area contributed by atoms with Crippen molar-refractivity contribution in [3.63, 3.8) is 0 Å². The molecule has 1 saturated carbocycles. The molecule has 19 heavy (non-hydrogen) atoms. The van der Waals surface area contributed by atoms with E-state index in [0.29, 0.717) is 23.4 Å². The average molecular weight is 282 g/mol. The molecule has 3 heteroatoms. The number of hydrogen-bond acceptors (Lipinski definition) is 2. The molecule has 106 valence electrons. The number of aromatic hydroxyl groups is 1. The minimum atomic E-state index is 0.324. The standard InChI is InChI=1S/C16H24ClNO/c1-12(13-6-4-2-3-5-7-13)18-11-14-10-15(17)8-9-16(14)19/h8-10,12-13,18-19H,2-7,11H2,1H3/t12-/m1/s1. The van der Waals surface area contributed by atoms with E-state index in [0.717, 1.165) is 11.5 Å². The van der Waals surface area contributed by atoms with E-state index < -0.39 is 0 Å². The van der Waals surface area contributed by atoms with Gasteiger partial charge in [-0.25, -0.2) is 0 Å². The summed E-state index contributed by atoms with van der Waals surface area (Å²) >= 11 is 5.96. The zero-order valence-corrected chi connectivity index (χ0v) is 12.4. The Balaban J connectivity index is 1.88. The highest BCUT2D eigenvalue weighted by Crippen LogP contribution is 2.26. The highest BCUT2D eigenvalue weighted by molar-refractivity contribution is 6.30. The number of benzene rings is 1. The molecular weight excluding hydrogens is 258 g/mol. The Bertz CT molecular complexity index is 400. The van der Waals surface area contributed by atoms with Crippen LogP contribution in [0.5, 0.6) is 5.75 Å². The molecule has 0 bridgehead atoms. The summed E-state index contributed by atoms with van der Waals surface area (Å²) in [5, 5.41) is 14.0. The zero-order chi connectivity index (χ0) is 13.7. The molecule has 0 radical (unpaired) electrons. The fourth-order valence-electron chi connectivity index (χ4n) is 2.94. The predicted octanol–water partition coefficient (Wildman–Crippen LogP) is 4.49. The van der Waals surface area contributed by atoms with Crippen LogP contribution in [-0.4, -0.2) is 11.1 Å². The van der Waals surface area contributed by atoms with Gasteiger partial charge in [0.1, 0.15) is 5.75 Å². The van der Waals surface area contributed by atoms with Crippen LogP contribution in [0.2, 0.25) is 5.02 Å². The van der Waals surface area contributed by atoms with Gasteiger partial charge in [0, 0.05) is 23.2 Å². The number of phenols is 1. The van der Waals surface area contributed by atoms with Crippen LogP contribution in [0, 0.1) is 5.92 Å². The second kappa shape index (κ2) is 7.16. The zero-order valence-electron chi connectivity index (χ0n) is 11.7. The van der Waals surface area contributed by atoms with Crippen LogP contribution >= 0.6 is 11.6 Å². The van der Waals surface area contributed by atoms with Crippen LogP contribution in [0.3, 0.4) is 0 Å². The Morgan fingerprint density at radius 2 is 1.95 bits per heavy atom. The lowest BCUT2D eigenvalue weighted by molar-refractivity contribution is 0.334. The smallest absolute Gasteiger partial charge is 0.120 e. The van der Waals surface area contributed by atoms with Crippen molar-refractivity contribution in [1.29, 1.82) is 0 Å². The van der Waals surface area contributed by atoms with Crippen molar-refractivity contribution in [1.82, 2.24) is 5.32 Å². The summed E-state index contributed by atoms with van der Waals surface area (Å²) in [6, 6.07) is 5.71. The summed E-state index contributed by atoms with van der Waals surface area (Å²) in [6.45, 7) is 2.95. The quantitative estimate of drug-likeness (QED) is 0.797. The van der Waals surface area contributed by atoms with Gasteiger partial charge in [0.2, 0.25) is 0 Å². The normalized spacial score (nSPS) is 19.1. The maximum absolute atomic E-state index is 9.80. The Morgan fingerprint density at radius 3 is 2.63 bits per heavy atom. The van der Waals surface area contributed by atoms with E-state index in [1.165, 1.54) is 38.5 Å². The van der Waals surface area contributed by atoms with Gasteiger partial charge < -0.3 is 10.4 Å². The first-order valence-corrected chi connectivity index (χ1v) is 7.75. The molecule has 2 N–H and O–H groups in total. The monoisotopic (exact) mass is 281 g/mol. The molecule has 2 nitrogen and oxygen atoms in total. The molecular formula is C16H24ClNO. The van der Waals surface area contributed by atoms with E-state index in [9.17, 15) is 5.11 Å². The lowest BCUT2D eigenvalue weighted by Crippen LogP contribution is -2.32. The summed E-state index contributed by atoms with van der Waals surface area (Å²) in [5.74, 6) is 1.09. The van der Waals surface area contributed by atoms with E-state index >= 15 is 0 Å². The summed E-state index contributed by atoms with van der Waals surface area (Å²) in [6.07, 6.45) is 8.15. The SMILES string of the molecule is C[C@@H](NCc1cc(Cl)ccc1O)C1CCCCCC1. The average Bonchev–Trinajstić information content (AvgIpc) is 2.68. The Labute approximate surface area is 121 Å². The predicted molar refractivity (Wildman–Crippen MR) is 80.6 cm³/mol. The first-order chi connectivity index (χ1) is 9.16. The third-order valence-corrected chi connectivity index (χ3v) is 4.50. The van der Waals surface area contributed by atoms with E-state index in [1.54, 1.807) is 12.1 Å². The van der Waals surface area contributed by atoms with Crippen LogP contribution in [0.25, 0.3) is 0 Å². The molecule has 0 aliphatic heterocycles. The summed E-state index contributed by atoms with van der Waals surface area (Å²) in [5.41, 5.74) is 0.882. The van der Waals surface area contributed by atoms with E-state index in [-0.39, 0.29) is 0 Å². The van der Waals surface area contributed by atoms with Gasteiger partial charge in [-0.1, -0.05) is 37.3 Å². The highest BCUT2D eigenvalue weighted by atomic mass is 35.5. The van der Waals surface area contributed by atoms with Crippen molar-refractivity contribution in [2.75, 3.05) is 0 Å². The maximum Gasteiger partial charge on any atom is 0.120 e. The molecule has 1 fully saturated rings. The van der Waals surface area contributed by atoms with Crippen molar-refractivity contribution in [2.45, 2.75) is 58.0 Å². The number of hydrogen-bond donors (Lipinski definition) is 2. The fraction of sp³-hybridized carbons (Fsp3) is 0.625. The molecule has 0 unspecified atom stereocenters. The number of phenolic OH excluding ortho intramolecular Hbond substituents is 1. The molecule has 1 aromatic carbocycles. The van der Waals surface area contributed by atoms with Crippen molar-refractivity contribution in [3.05, 3.63) is 28.8 Å². The van der Waals surface area contributed by atoms with Gasteiger partial charge in [0.05, 0.1) is 0 Å². The summed E-state index contributed by atoms with van der Waals surface area (Å²) < 4.78 is 0. The van der Waals surface area contributed by atoms with Crippen molar-refractivity contribution in [3.8, 4) is 5.75 Å².